The highest BCUT2D eigenvalue weighted by Crippen LogP contribution is 2.38. The molecule has 3 rings (SSSR count). The first-order valence-corrected chi connectivity index (χ1v) is 7.63. The van der Waals surface area contributed by atoms with Crippen molar-refractivity contribution in [1.82, 2.24) is 5.32 Å². The molecule has 0 bridgehead atoms. The Morgan fingerprint density at radius 2 is 1.48 bits per heavy atom. The first-order valence-electron chi connectivity index (χ1n) is 7.63. The van der Waals surface area contributed by atoms with Crippen LogP contribution in [0, 0.1) is 0 Å². The predicted molar refractivity (Wildman–Crippen MR) is 96.5 cm³/mol. The van der Waals surface area contributed by atoms with Gasteiger partial charge in [-0.1, -0.05) is 6.07 Å². The number of halogens is 1. The van der Waals surface area contributed by atoms with Gasteiger partial charge in [-0.05, 0) is 35.4 Å². The summed E-state index contributed by atoms with van der Waals surface area (Å²) in [7, 11) is 4.82. The van der Waals surface area contributed by atoms with Gasteiger partial charge in [-0.15, -0.1) is 12.4 Å². The van der Waals surface area contributed by atoms with Gasteiger partial charge in [-0.3, -0.25) is 0 Å². The molecule has 6 nitrogen and oxygen atoms in total. The zero-order chi connectivity index (χ0) is 16.9. The van der Waals surface area contributed by atoms with Gasteiger partial charge in [0.2, 0.25) is 12.5 Å². The van der Waals surface area contributed by atoms with Crippen molar-refractivity contribution in [2.75, 3.05) is 28.1 Å². The van der Waals surface area contributed by atoms with Crippen molar-refractivity contribution >= 4 is 12.4 Å². The highest BCUT2D eigenvalue weighted by atomic mass is 35.5. The third kappa shape index (κ3) is 4.21. The van der Waals surface area contributed by atoms with E-state index in [1.54, 1.807) is 21.3 Å². The molecule has 0 atom stereocenters. The van der Waals surface area contributed by atoms with Crippen molar-refractivity contribution in [3.63, 3.8) is 0 Å². The second-order valence-electron chi connectivity index (χ2n) is 5.32. The topological polar surface area (TPSA) is 58.2 Å². The minimum absolute atomic E-state index is 0. The molecule has 1 N–H and O–H groups in total. The molecule has 7 heteroatoms. The first kappa shape index (κ1) is 19.0. The Morgan fingerprint density at radius 3 is 2.12 bits per heavy atom. The largest absolute Gasteiger partial charge is 0.493 e. The molecule has 2 aromatic rings. The van der Waals surface area contributed by atoms with Crippen LogP contribution in [0.2, 0.25) is 0 Å². The molecule has 136 valence electrons. The van der Waals surface area contributed by atoms with E-state index in [1.807, 2.05) is 30.3 Å². The van der Waals surface area contributed by atoms with Crippen LogP contribution in [0.1, 0.15) is 11.1 Å². The van der Waals surface area contributed by atoms with Crippen LogP contribution in [0.3, 0.4) is 0 Å². The van der Waals surface area contributed by atoms with E-state index in [1.165, 1.54) is 0 Å². The van der Waals surface area contributed by atoms with Gasteiger partial charge in [0.15, 0.2) is 23.0 Å². The van der Waals surface area contributed by atoms with Crippen LogP contribution in [0.4, 0.5) is 0 Å². The van der Waals surface area contributed by atoms with Gasteiger partial charge in [0, 0.05) is 13.1 Å². The van der Waals surface area contributed by atoms with Gasteiger partial charge in [0.25, 0.3) is 0 Å². The van der Waals surface area contributed by atoms with Crippen molar-refractivity contribution in [2.45, 2.75) is 13.1 Å². The molecule has 0 fully saturated rings. The van der Waals surface area contributed by atoms with E-state index in [0.29, 0.717) is 30.3 Å². The van der Waals surface area contributed by atoms with Gasteiger partial charge in [-0.25, -0.2) is 0 Å². The van der Waals surface area contributed by atoms with Crippen LogP contribution in [0.5, 0.6) is 28.7 Å². The molecule has 0 spiro atoms. The summed E-state index contributed by atoms with van der Waals surface area (Å²) in [4.78, 5) is 0. The number of nitrogens with one attached hydrogen (secondary N) is 1. The quantitative estimate of drug-likeness (QED) is 0.811. The van der Waals surface area contributed by atoms with Crippen LogP contribution in [-0.2, 0) is 13.1 Å². The Kier molecular flexibility index (Phi) is 6.61. The molecule has 1 aliphatic heterocycles. The van der Waals surface area contributed by atoms with Gasteiger partial charge < -0.3 is 29.0 Å². The van der Waals surface area contributed by atoms with Gasteiger partial charge >= 0.3 is 0 Å². The van der Waals surface area contributed by atoms with E-state index in [2.05, 4.69) is 5.32 Å². The lowest BCUT2D eigenvalue weighted by molar-refractivity contribution is 0.174. The standard InChI is InChI=1S/C18H21NO5.ClH/c1-20-16-7-13(8-17(21-2)18(16)22-3)10-19-9-12-4-5-14-15(6-12)24-11-23-14;/h4-8,19H,9-11H2,1-3H3;1H. The molecule has 0 saturated carbocycles. The molecule has 0 amide bonds. The molecule has 0 aliphatic carbocycles. The van der Waals surface area contributed by atoms with Crippen LogP contribution in [-0.4, -0.2) is 28.1 Å². The maximum Gasteiger partial charge on any atom is 0.231 e. The maximum absolute atomic E-state index is 5.39. The third-order valence-corrected chi connectivity index (χ3v) is 3.82. The number of rotatable bonds is 7. The van der Waals surface area contributed by atoms with E-state index in [-0.39, 0.29) is 19.2 Å². The fraction of sp³-hybridized carbons (Fsp3) is 0.333. The number of fused-ring (bicyclic) bond motifs is 1. The summed E-state index contributed by atoms with van der Waals surface area (Å²) in [6.07, 6.45) is 0. The fourth-order valence-corrected chi connectivity index (χ4v) is 2.64. The Hall–Kier alpha value is -2.31. The van der Waals surface area contributed by atoms with Crippen molar-refractivity contribution in [3.8, 4) is 28.7 Å². The summed E-state index contributed by atoms with van der Waals surface area (Å²) in [5.41, 5.74) is 2.18. The summed E-state index contributed by atoms with van der Waals surface area (Å²) in [6, 6.07) is 9.82. The molecule has 25 heavy (non-hydrogen) atoms. The van der Waals surface area contributed by atoms with E-state index in [0.717, 1.165) is 22.6 Å². The fourth-order valence-electron chi connectivity index (χ4n) is 2.64. The Balaban J connectivity index is 0.00000225. The number of hydrogen-bond acceptors (Lipinski definition) is 6. The van der Waals surface area contributed by atoms with Crippen LogP contribution in [0.15, 0.2) is 30.3 Å². The van der Waals surface area contributed by atoms with Crippen molar-refractivity contribution in [3.05, 3.63) is 41.5 Å². The average Bonchev–Trinajstić information content (AvgIpc) is 3.08. The predicted octanol–water partition coefficient (Wildman–Crippen LogP) is 3.15. The highest BCUT2D eigenvalue weighted by Gasteiger charge is 2.14. The first-order chi connectivity index (χ1) is 11.7. The van der Waals surface area contributed by atoms with Gasteiger partial charge in [0.05, 0.1) is 21.3 Å². The molecule has 0 saturated heterocycles. The summed E-state index contributed by atoms with van der Waals surface area (Å²) in [6.45, 7) is 1.68. The summed E-state index contributed by atoms with van der Waals surface area (Å²) in [5, 5.41) is 3.40. The molecule has 0 unspecified atom stereocenters. The van der Waals surface area contributed by atoms with E-state index in [9.17, 15) is 0 Å². The highest BCUT2D eigenvalue weighted by molar-refractivity contribution is 5.85. The Bertz CT molecular complexity index is 698. The number of ether oxygens (including phenoxy) is 5. The molecular weight excluding hydrogens is 346 g/mol. The summed E-state index contributed by atoms with van der Waals surface area (Å²) in [5.74, 6) is 3.48. The lowest BCUT2D eigenvalue weighted by Crippen LogP contribution is -2.13. The van der Waals surface area contributed by atoms with Crippen LogP contribution < -0.4 is 29.0 Å². The molecule has 0 radical (unpaired) electrons. The summed E-state index contributed by atoms with van der Waals surface area (Å²) < 4.78 is 26.8. The number of methoxy groups -OCH3 is 3. The zero-order valence-electron chi connectivity index (χ0n) is 14.5. The van der Waals surface area contributed by atoms with Gasteiger partial charge in [0.1, 0.15) is 0 Å². The minimum atomic E-state index is 0. The van der Waals surface area contributed by atoms with Crippen molar-refractivity contribution < 1.29 is 23.7 Å². The Labute approximate surface area is 153 Å². The maximum atomic E-state index is 5.39. The second kappa shape index (κ2) is 8.69. The van der Waals surface area contributed by atoms with E-state index >= 15 is 0 Å². The SMILES string of the molecule is COc1cc(CNCc2ccc3c(c2)OCO3)cc(OC)c1OC.Cl. The number of hydrogen-bond donors (Lipinski definition) is 1. The minimum Gasteiger partial charge on any atom is -0.493 e. The van der Waals surface area contributed by atoms with Crippen molar-refractivity contribution in [1.29, 1.82) is 0 Å². The van der Waals surface area contributed by atoms with E-state index < -0.39 is 0 Å². The molecule has 0 aromatic heterocycles. The number of benzene rings is 2. The lowest BCUT2D eigenvalue weighted by atomic mass is 10.1. The zero-order valence-corrected chi connectivity index (χ0v) is 15.3. The normalized spacial score (nSPS) is 11.6. The Morgan fingerprint density at radius 1 is 0.840 bits per heavy atom. The molecule has 1 heterocycles. The molecular formula is C18H22ClNO5. The monoisotopic (exact) mass is 367 g/mol. The lowest BCUT2D eigenvalue weighted by Gasteiger charge is -2.14. The average molecular weight is 368 g/mol. The van der Waals surface area contributed by atoms with Crippen LogP contribution >= 0.6 is 12.4 Å². The van der Waals surface area contributed by atoms with E-state index in [4.69, 9.17) is 23.7 Å². The molecule has 2 aromatic carbocycles. The molecule has 1 aliphatic rings. The summed E-state index contributed by atoms with van der Waals surface area (Å²) >= 11 is 0. The van der Waals surface area contributed by atoms with Crippen LogP contribution in [0.25, 0.3) is 0 Å². The second-order valence-corrected chi connectivity index (χ2v) is 5.32. The van der Waals surface area contributed by atoms with Gasteiger partial charge in [-0.2, -0.15) is 0 Å². The van der Waals surface area contributed by atoms with Crippen molar-refractivity contribution in [2.24, 2.45) is 0 Å². The smallest absolute Gasteiger partial charge is 0.231 e. The third-order valence-electron chi connectivity index (χ3n) is 3.82.